The second-order valence-corrected chi connectivity index (χ2v) is 7.27. The number of benzene rings is 1. The van der Waals surface area contributed by atoms with E-state index in [2.05, 4.69) is 5.32 Å². The van der Waals surface area contributed by atoms with Gasteiger partial charge in [-0.05, 0) is 31.5 Å². The zero-order valence-corrected chi connectivity index (χ0v) is 14.0. The molecule has 1 aromatic carbocycles. The van der Waals surface area contributed by atoms with Gasteiger partial charge < -0.3 is 5.32 Å². The minimum Gasteiger partial charge on any atom is -0.351 e. The topological polar surface area (TPSA) is 66.5 Å². The Morgan fingerprint density at radius 2 is 2.10 bits per heavy atom. The van der Waals surface area contributed by atoms with Crippen molar-refractivity contribution in [2.45, 2.75) is 26.3 Å². The van der Waals surface area contributed by atoms with Crippen molar-refractivity contribution in [1.82, 2.24) is 9.62 Å². The fraction of sp³-hybridized carbons (Fsp3) is 0.500. The number of carbonyl (C=O) groups excluding carboxylic acids is 1. The molecule has 1 unspecified atom stereocenters. The summed E-state index contributed by atoms with van der Waals surface area (Å²) in [6.07, 6.45) is 1.90. The van der Waals surface area contributed by atoms with Crippen molar-refractivity contribution in [1.29, 1.82) is 0 Å². The van der Waals surface area contributed by atoms with E-state index in [1.807, 2.05) is 13.8 Å². The molecular formula is C14H21ClN2O3S. The summed E-state index contributed by atoms with van der Waals surface area (Å²) < 4.78 is 24.8. The number of sulfonamides is 1. The molecule has 0 spiro atoms. The zero-order valence-electron chi connectivity index (χ0n) is 12.5. The summed E-state index contributed by atoms with van der Waals surface area (Å²) in [5.41, 5.74) is 0.456. The lowest BCUT2D eigenvalue weighted by molar-refractivity contribution is 0.0950. The van der Waals surface area contributed by atoms with Crippen LogP contribution in [0.25, 0.3) is 0 Å². The molecule has 0 aliphatic heterocycles. The van der Waals surface area contributed by atoms with Gasteiger partial charge >= 0.3 is 0 Å². The largest absolute Gasteiger partial charge is 0.351 e. The lowest BCUT2D eigenvalue weighted by Crippen LogP contribution is -2.42. The van der Waals surface area contributed by atoms with E-state index in [0.29, 0.717) is 10.6 Å². The number of nitrogens with zero attached hydrogens (tertiary/aromatic N) is 1. The highest BCUT2D eigenvalue weighted by molar-refractivity contribution is 7.88. The molecule has 0 bridgehead atoms. The molecule has 0 heterocycles. The Kier molecular flexibility index (Phi) is 6.64. The number of nitrogens with one attached hydrogen (secondary N) is 1. The fourth-order valence-corrected chi connectivity index (χ4v) is 3.34. The van der Waals surface area contributed by atoms with Crippen LogP contribution in [0.15, 0.2) is 24.3 Å². The monoisotopic (exact) mass is 332 g/mol. The molecule has 0 saturated heterocycles. The van der Waals surface area contributed by atoms with Crippen molar-refractivity contribution >= 4 is 27.5 Å². The van der Waals surface area contributed by atoms with Gasteiger partial charge in [-0.25, -0.2) is 8.42 Å². The number of rotatable bonds is 7. The summed E-state index contributed by atoms with van der Waals surface area (Å²) in [7, 11) is -3.28. The smallest absolute Gasteiger partial charge is 0.251 e. The molecule has 1 N–H and O–H groups in total. The van der Waals surface area contributed by atoms with Crippen LogP contribution in [0.3, 0.4) is 0 Å². The first-order chi connectivity index (χ1) is 9.75. The van der Waals surface area contributed by atoms with E-state index in [1.165, 1.54) is 10.6 Å². The summed E-state index contributed by atoms with van der Waals surface area (Å²) in [4.78, 5) is 11.9. The van der Waals surface area contributed by atoms with Crippen LogP contribution < -0.4 is 5.32 Å². The molecule has 0 aliphatic rings. The molecule has 21 heavy (non-hydrogen) atoms. The van der Waals surface area contributed by atoms with Gasteiger partial charge in [-0.2, -0.15) is 4.31 Å². The number of halogens is 1. The van der Waals surface area contributed by atoms with Gasteiger partial charge in [0.2, 0.25) is 10.0 Å². The molecule has 0 radical (unpaired) electrons. The van der Waals surface area contributed by atoms with Gasteiger partial charge in [-0.3, -0.25) is 4.79 Å². The Hall–Kier alpha value is -1.11. The van der Waals surface area contributed by atoms with Crippen molar-refractivity contribution in [3.63, 3.8) is 0 Å². The van der Waals surface area contributed by atoms with Gasteiger partial charge in [0.05, 0.1) is 6.26 Å². The maximum atomic E-state index is 11.9. The summed E-state index contributed by atoms with van der Waals surface area (Å²) in [6.45, 7) is 4.27. The van der Waals surface area contributed by atoms with Crippen LogP contribution in [0, 0.1) is 0 Å². The van der Waals surface area contributed by atoms with Crippen LogP contribution in [0.5, 0.6) is 0 Å². The molecule has 7 heteroatoms. The van der Waals surface area contributed by atoms with Gasteiger partial charge in [0, 0.05) is 29.7 Å². The Bertz CT molecular complexity index is 590. The summed E-state index contributed by atoms with van der Waals surface area (Å²) in [5.74, 6) is -0.268. The van der Waals surface area contributed by atoms with Gasteiger partial charge in [0.25, 0.3) is 5.91 Å². The zero-order chi connectivity index (χ0) is 16.0. The third-order valence-corrected chi connectivity index (χ3v) is 4.84. The highest BCUT2D eigenvalue weighted by atomic mass is 35.5. The molecule has 0 fully saturated rings. The van der Waals surface area contributed by atoms with Crippen molar-refractivity contribution in [2.75, 3.05) is 19.3 Å². The number of amides is 1. The number of carbonyl (C=O) groups is 1. The van der Waals surface area contributed by atoms with E-state index < -0.39 is 10.0 Å². The lowest BCUT2D eigenvalue weighted by atomic mass is 10.2. The van der Waals surface area contributed by atoms with E-state index in [9.17, 15) is 13.2 Å². The van der Waals surface area contributed by atoms with E-state index in [1.54, 1.807) is 24.3 Å². The van der Waals surface area contributed by atoms with Crippen LogP contribution in [0.4, 0.5) is 0 Å². The Labute approximate surface area is 131 Å². The van der Waals surface area contributed by atoms with Gasteiger partial charge in [0.15, 0.2) is 0 Å². The van der Waals surface area contributed by atoms with E-state index in [4.69, 9.17) is 11.6 Å². The SMILES string of the molecule is CCC(C)N(CCNC(=O)c1cccc(Cl)c1)S(C)(=O)=O. The van der Waals surface area contributed by atoms with E-state index in [-0.39, 0.29) is 25.0 Å². The molecule has 0 saturated carbocycles. The maximum absolute atomic E-state index is 11.9. The van der Waals surface area contributed by atoms with Crippen molar-refractivity contribution < 1.29 is 13.2 Å². The average molecular weight is 333 g/mol. The number of hydrogen-bond acceptors (Lipinski definition) is 3. The van der Waals surface area contributed by atoms with E-state index in [0.717, 1.165) is 6.42 Å². The number of hydrogen-bond donors (Lipinski definition) is 1. The minimum absolute atomic E-state index is 0.0944. The molecule has 0 aromatic heterocycles. The van der Waals surface area contributed by atoms with Crippen LogP contribution >= 0.6 is 11.6 Å². The highest BCUT2D eigenvalue weighted by Gasteiger charge is 2.21. The molecule has 1 amide bonds. The normalized spacial score (nSPS) is 13.2. The second kappa shape index (κ2) is 7.77. The first-order valence-corrected chi connectivity index (χ1v) is 8.99. The third-order valence-electron chi connectivity index (χ3n) is 3.21. The van der Waals surface area contributed by atoms with Gasteiger partial charge in [0.1, 0.15) is 0 Å². The van der Waals surface area contributed by atoms with Crippen LogP contribution in [0.1, 0.15) is 30.6 Å². The van der Waals surface area contributed by atoms with Crippen molar-refractivity contribution in [2.24, 2.45) is 0 Å². The molecule has 5 nitrogen and oxygen atoms in total. The van der Waals surface area contributed by atoms with Gasteiger partial charge in [-0.15, -0.1) is 0 Å². The Morgan fingerprint density at radius 1 is 1.43 bits per heavy atom. The fourth-order valence-electron chi connectivity index (χ4n) is 1.93. The summed E-state index contributed by atoms with van der Waals surface area (Å²) in [6, 6.07) is 6.51. The van der Waals surface area contributed by atoms with Crippen molar-refractivity contribution in [3.8, 4) is 0 Å². The quantitative estimate of drug-likeness (QED) is 0.831. The molecule has 1 atom stereocenters. The van der Waals surface area contributed by atoms with Crippen LogP contribution in [-0.2, 0) is 10.0 Å². The molecule has 1 aromatic rings. The predicted octanol–water partition coefficient (Wildman–Crippen LogP) is 2.13. The molecular weight excluding hydrogens is 312 g/mol. The first-order valence-electron chi connectivity index (χ1n) is 6.76. The Balaban J connectivity index is 2.60. The molecule has 1 rings (SSSR count). The minimum atomic E-state index is -3.28. The van der Waals surface area contributed by atoms with Gasteiger partial charge in [-0.1, -0.05) is 24.6 Å². The van der Waals surface area contributed by atoms with Crippen molar-refractivity contribution in [3.05, 3.63) is 34.9 Å². The average Bonchev–Trinajstić information content (AvgIpc) is 2.41. The predicted molar refractivity (Wildman–Crippen MR) is 85.1 cm³/mol. The molecule has 118 valence electrons. The van der Waals surface area contributed by atoms with Crippen LogP contribution in [0.2, 0.25) is 5.02 Å². The standard InChI is InChI=1S/C14H21ClN2O3S/c1-4-11(2)17(21(3,19)20)9-8-16-14(18)12-6-5-7-13(15)10-12/h5-7,10-11H,4,8-9H2,1-3H3,(H,16,18). The third kappa shape index (κ3) is 5.65. The maximum Gasteiger partial charge on any atom is 0.251 e. The van der Waals surface area contributed by atoms with Crippen LogP contribution in [-0.4, -0.2) is 44.0 Å². The first kappa shape index (κ1) is 17.9. The Morgan fingerprint density at radius 3 is 2.62 bits per heavy atom. The molecule has 0 aliphatic carbocycles. The second-order valence-electron chi connectivity index (χ2n) is 4.90. The highest BCUT2D eigenvalue weighted by Crippen LogP contribution is 2.11. The summed E-state index contributed by atoms with van der Waals surface area (Å²) >= 11 is 5.83. The van der Waals surface area contributed by atoms with E-state index >= 15 is 0 Å². The summed E-state index contributed by atoms with van der Waals surface area (Å²) in [5, 5.41) is 3.19. The lowest BCUT2D eigenvalue weighted by Gasteiger charge is -2.25.